The van der Waals surface area contributed by atoms with Crippen molar-refractivity contribution < 1.29 is 28.5 Å². The molecule has 1 N–H and O–H groups in total. The maximum absolute atomic E-state index is 11.9. The van der Waals surface area contributed by atoms with Gasteiger partial charge in [0.2, 0.25) is 5.75 Å². The van der Waals surface area contributed by atoms with Gasteiger partial charge in [-0.15, -0.1) is 0 Å². The third kappa shape index (κ3) is 3.92. The SMILES string of the molecule is COc1cc(NC(=O)OC(=O)c2ccccn2)cc(OC)c1OC. The molecule has 0 bridgehead atoms. The summed E-state index contributed by atoms with van der Waals surface area (Å²) >= 11 is 0. The summed E-state index contributed by atoms with van der Waals surface area (Å²) in [6.07, 6.45) is 0.466. The summed E-state index contributed by atoms with van der Waals surface area (Å²) in [7, 11) is 4.36. The van der Waals surface area contributed by atoms with Gasteiger partial charge in [-0.3, -0.25) is 5.32 Å². The molecule has 2 rings (SSSR count). The molecular weight excluding hydrogens is 316 g/mol. The van der Waals surface area contributed by atoms with Crippen LogP contribution >= 0.6 is 0 Å². The smallest absolute Gasteiger partial charge is 0.419 e. The maximum Gasteiger partial charge on any atom is 0.419 e. The molecule has 1 aromatic carbocycles. The van der Waals surface area contributed by atoms with E-state index in [1.54, 1.807) is 12.1 Å². The molecule has 24 heavy (non-hydrogen) atoms. The van der Waals surface area contributed by atoms with Gasteiger partial charge in [0, 0.05) is 18.3 Å². The molecule has 0 aliphatic carbocycles. The fourth-order valence-corrected chi connectivity index (χ4v) is 1.92. The molecule has 2 aromatic rings. The van der Waals surface area contributed by atoms with Crippen molar-refractivity contribution in [1.29, 1.82) is 0 Å². The monoisotopic (exact) mass is 332 g/mol. The summed E-state index contributed by atoms with van der Waals surface area (Å²) in [5.74, 6) is 0.218. The van der Waals surface area contributed by atoms with Crippen LogP contribution in [0.4, 0.5) is 10.5 Å². The standard InChI is InChI=1S/C16H16N2O6/c1-21-12-8-10(9-13(22-2)14(12)23-3)18-16(20)24-15(19)11-6-4-5-7-17-11/h4-9H,1-3H3,(H,18,20). The molecule has 1 heterocycles. The minimum Gasteiger partial charge on any atom is -0.493 e. The number of carbonyl (C=O) groups excluding carboxylic acids is 2. The number of nitrogens with zero attached hydrogens (tertiary/aromatic N) is 1. The Morgan fingerprint density at radius 2 is 1.67 bits per heavy atom. The number of ether oxygens (including phenoxy) is 4. The average molecular weight is 332 g/mol. The summed E-state index contributed by atoms with van der Waals surface area (Å²) < 4.78 is 20.2. The second-order valence-electron chi connectivity index (χ2n) is 4.43. The van der Waals surface area contributed by atoms with E-state index in [4.69, 9.17) is 14.2 Å². The summed E-state index contributed by atoms with van der Waals surface area (Å²) in [6, 6.07) is 7.71. The Hall–Kier alpha value is -3.29. The molecule has 1 aromatic heterocycles. The average Bonchev–Trinajstić information content (AvgIpc) is 2.61. The molecular formula is C16H16N2O6. The minimum atomic E-state index is -0.958. The Bertz CT molecular complexity index is 708. The molecule has 1 amide bonds. The lowest BCUT2D eigenvalue weighted by Crippen LogP contribution is -2.19. The number of amides is 1. The summed E-state index contributed by atoms with van der Waals surface area (Å²) in [6.45, 7) is 0. The summed E-state index contributed by atoms with van der Waals surface area (Å²) in [5, 5.41) is 2.42. The number of nitrogens with one attached hydrogen (secondary N) is 1. The molecule has 0 spiro atoms. The number of esters is 1. The Morgan fingerprint density at radius 1 is 1.00 bits per heavy atom. The predicted molar refractivity (Wildman–Crippen MR) is 84.8 cm³/mol. The fraction of sp³-hybridized carbons (Fsp3) is 0.188. The lowest BCUT2D eigenvalue weighted by atomic mass is 10.2. The van der Waals surface area contributed by atoms with Gasteiger partial charge in [-0.05, 0) is 12.1 Å². The van der Waals surface area contributed by atoms with Gasteiger partial charge in [-0.25, -0.2) is 14.6 Å². The minimum absolute atomic E-state index is 0.0255. The van der Waals surface area contributed by atoms with E-state index in [0.717, 1.165) is 0 Å². The largest absolute Gasteiger partial charge is 0.493 e. The third-order valence-electron chi connectivity index (χ3n) is 2.97. The van der Waals surface area contributed by atoms with E-state index in [0.29, 0.717) is 22.9 Å². The molecule has 0 saturated carbocycles. The van der Waals surface area contributed by atoms with Crippen LogP contribution in [-0.2, 0) is 4.74 Å². The van der Waals surface area contributed by atoms with Crippen molar-refractivity contribution in [1.82, 2.24) is 4.98 Å². The number of rotatable bonds is 5. The van der Waals surface area contributed by atoms with Crippen LogP contribution in [0.2, 0.25) is 0 Å². The highest BCUT2D eigenvalue weighted by molar-refractivity contribution is 5.99. The van der Waals surface area contributed by atoms with Gasteiger partial charge < -0.3 is 18.9 Å². The molecule has 0 radical (unpaired) electrons. The van der Waals surface area contributed by atoms with Crippen LogP contribution in [0.25, 0.3) is 0 Å². The lowest BCUT2D eigenvalue weighted by molar-refractivity contribution is 0.0639. The highest BCUT2D eigenvalue weighted by Crippen LogP contribution is 2.39. The van der Waals surface area contributed by atoms with Gasteiger partial charge in [-0.1, -0.05) is 6.07 Å². The first kappa shape index (κ1) is 17.1. The van der Waals surface area contributed by atoms with Gasteiger partial charge in [0.25, 0.3) is 0 Å². The van der Waals surface area contributed by atoms with Crippen molar-refractivity contribution in [2.45, 2.75) is 0 Å². The van der Waals surface area contributed by atoms with E-state index in [1.165, 1.54) is 45.7 Å². The van der Waals surface area contributed by atoms with E-state index < -0.39 is 12.1 Å². The fourth-order valence-electron chi connectivity index (χ4n) is 1.92. The first-order valence-corrected chi connectivity index (χ1v) is 6.83. The number of anilines is 1. The number of aromatic nitrogens is 1. The molecule has 0 aliphatic rings. The molecule has 8 nitrogen and oxygen atoms in total. The van der Waals surface area contributed by atoms with E-state index in [9.17, 15) is 9.59 Å². The number of hydrogen-bond donors (Lipinski definition) is 1. The number of carbonyl (C=O) groups is 2. The summed E-state index contributed by atoms with van der Waals surface area (Å²) in [4.78, 5) is 27.4. The number of hydrogen-bond acceptors (Lipinski definition) is 7. The Balaban J connectivity index is 2.13. The first-order valence-electron chi connectivity index (χ1n) is 6.83. The van der Waals surface area contributed by atoms with Crippen LogP contribution in [-0.4, -0.2) is 38.4 Å². The number of methoxy groups -OCH3 is 3. The highest BCUT2D eigenvalue weighted by Gasteiger charge is 2.17. The maximum atomic E-state index is 11.9. The Morgan fingerprint density at radius 3 is 2.17 bits per heavy atom. The molecule has 126 valence electrons. The van der Waals surface area contributed by atoms with Crippen LogP contribution in [0.15, 0.2) is 36.5 Å². The van der Waals surface area contributed by atoms with Crippen molar-refractivity contribution in [2.24, 2.45) is 0 Å². The Kier molecular flexibility index (Phi) is 5.56. The molecule has 0 saturated heterocycles. The van der Waals surface area contributed by atoms with Crippen molar-refractivity contribution in [3.05, 3.63) is 42.2 Å². The van der Waals surface area contributed by atoms with Crippen molar-refractivity contribution in [3.8, 4) is 17.2 Å². The van der Waals surface area contributed by atoms with Crippen molar-refractivity contribution in [3.63, 3.8) is 0 Å². The van der Waals surface area contributed by atoms with Crippen molar-refractivity contribution in [2.75, 3.05) is 26.6 Å². The molecule has 8 heteroatoms. The van der Waals surface area contributed by atoms with E-state index in [1.807, 2.05) is 0 Å². The zero-order valence-corrected chi connectivity index (χ0v) is 13.4. The van der Waals surface area contributed by atoms with Crippen molar-refractivity contribution >= 4 is 17.7 Å². The van der Waals surface area contributed by atoms with Crippen LogP contribution < -0.4 is 19.5 Å². The number of benzene rings is 1. The van der Waals surface area contributed by atoms with E-state index in [2.05, 4.69) is 15.0 Å². The normalized spacial score (nSPS) is 9.79. The highest BCUT2D eigenvalue weighted by atomic mass is 16.6. The van der Waals surface area contributed by atoms with Crippen LogP contribution in [0.1, 0.15) is 10.5 Å². The topological polar surface area (TPSA) is 96.0 Å². The third-order valence-corrected chi connectivity index (χ3v) is 2.97. The van der Waals surface area contributed by atoms with Gasteiger partial charge in [0.15, 0.2) is 11.5 Å². The van der Waals surface area contributed by atoms with Crippen LogP contribution in [0, 0.1) is 0 Å². The van der Waals surface area contributed by atoms with E-state index in [-0.39, 0.29) is 5.69 Å². The molecule has 0 fully saturated rings. The van der Waals surface area contributed by atoms with Gasteiger partial charge in [0.05, 0.1) is 27.0 Å². The molecule has 0 atom stereocenters. The predicted octanol–water partition coefficient (Wildman–Crippen LogP) is 2.50. The molecule has 0 aliphatic heterocycles. The first-order chi connectivity index (χ1) is 11.6. The zero-order chi connectivity index (χ0) is 17.5. The van der Waals surface area contributed by atoms with Gasteiger partial charge in [0.1, 0.15) is 5.69 Å². The molecule has 0 unspecified atom stereocenters. The second-order valence-corrected chi connectivity index (χ2v) is 4.43. The lowest BCUT2D eigenvalue weighted by Gasteiger charge is -2.14. The van der Waals surface area contributed by atoms with Crippen LogP contribution in [0.3, 0.4) is 0 Å². The van der Waals surface area contributed by atoms with Crippen LogP contribution in [0.5, 0.6) is 17.2 Å². The number of pyridine rings is 1. The van der Waals surface area contributed by atoms with E-state index >= 15 is 0 Å². The van der Waals surface area contributed by atoms with Gasteiger partial charge >= 0.3 is 12.1 Å². The Labute approximate surface area is 138 Å². The zero-order valence-electron chi connectivity index (χ0n) is 13.4. The van der Waals surface area contributed by atoms with Gasteiger partial charge in [-0.2, -0.15) is 0 Å². The summed E-state index contributed by atoms with van der Waals surface area (Å²) in [5.41, 5.74) is 0.334. The second kappa shape index (κ2) is 7.82. The quantitative estimate of drug-likeness (QED) is 0.664.